The minimum atomic E-state index is 0.706. The lowest BCUT2D eigenvalue weighted by Gasteiger charge is -2.05. The van der Waals surface area contributed by atoms with Crippen LogP contribution in [0.3, 0.4) is 0 Å². The maximum Gasteiger partial charge on any atom is 0.171 e. The number of nitrogens with zero attached hydrogens (tertiary/aromatic N) is 2. The van der Waals surface area contributed by atoms with Crippen LogP contribution in [0.15, 0.2) is 6.20 Å². The Kier molecular flexibility index (Phi) is 3.17. The molecule has 0 saturated carbocycles. The quantitative estimate of drug-likeness (QED) is 0.741. The van der Waals surface area contributed by atoms with Crippen LogP contribution < -0.4 is 11.1 Å². The Hall–Kier alpha value is -1.19. The molecule has 0 bridgehead atoms. The van der Waals surface area contributed by atoms with E-state index in [9.17, 15) is 0 Å². The summed E-state index contributed by atoms with van der Waals surface area (Å²) in [6.07, 6.45) is 2.94. The van der Waals surface area contributed by atoms with Crippen LogP contribution in [0.25, 0.3) is 0 Å². The van der Waals surface area contributed by atoms with Crippen molar-refractivity contribution < 1.29 is 0 Å². The Morgan fingerprint density at radius 2 is 2.31 bits per heavy atom. The zero-order chi connectivity index (χ0) is 9.84. The number of nitrogen functional groups attached to an aromatic ring is 1. The van der Waals surface area contributed by atoms with Gasteiger partial charge in [-0.2, -0.15) is 5.10 Å². The monoisotopic (exact) mass is 182 g/mol. The van der Waals surface area contributed by atoms with Gasteiger partial charge in [-0.05, 0) is 12.3 Å². The van der Waals surface area contributed by atoms with Gasteiger partial charge in [-0.3, -0.25) is 4.68 Å². The Balaban J connectivity index is 2.40. The number of rotatable bonds is 4. The van der Waals surface area contributed by atoms with E-state index < -0.39 is 0 Å². The molecule has 0 amide bonds. The zero-order valence-electron chi connectivity index (χ0n) is 8.54. The molecule has 1 heterocycles. The number of aryl methyl sites for hydroxylation is 1. The van der Waals surface area contributed by atoms with Crippen LogP contribution in [0.4, 0.5) is 11.5 Å². The predicted molar refractivity (Wildman–Crippen MR) is 55.6 cm³/mol. The van der Waals surface area contributed by atoms with Crippen LogP contribution >= 0.6 is 0 Å². The summed E-state index contributed by atoms with van der Waals surface area (Å²) < 4.78 is 1.72. The standard InChI is InChI=1S/C9H18N4/c1-7(2)4-5-11-9-8(10)6-13(3)12-9/h6-7H,4-5,10H2,1-3H3,(H,11,12). The fraction of sp³-hybridized carbons (Fsp3) is 0.667. The number of hydrogen-bond acceptors (Lipinski definition) is 3. The zero-order valence-corrected chi connectivity index (χ0v) is 8.54. The van der Waals surface area contributed by atoms with Crippen molar-refractivity contribution in [2.45, 2.75) is 20.3 Å². The summed E-state index contributed by atoms with van der Waals surface area (Å²) in [5.74, 6) is 1.50. The summed E-state index contributed by atoms with van der Waals surface area (Å²) in [6.45, 7) is 5.33. The summed E-state index contributed by atoms with van der Waals surface area (Å²) >= 11 is 0. The molecule has 0 radical (unpaired) electrons. The van der Waals surface area contributed by atoms with Gasteiger partial charge in [-0.25, -0.2) is 0 Å². The van der Waals surface area contributed by atoms with E-state index in [1.165, 1.54) is 0 Å². The number of nitrogens with one attached hydrogen (secondary N) is 1. The number of nitrogens with two attached hydrogens (primary N) is 1. The molecular weight excluding hydrogens is 164 g/mol. The summed E-state index contributed by atoms with van der Waals surface area (Å²) in [5.41, 5.74) is 6.43. The van der Waals surface area contributed by atoms with Crippen LogP contribution in [-0.2, 0) is 7.05 Å². The molecule has 74 valence electrons. The lowest BCUT2D eigenvalue weighted by molar-refractivity contribution is 0.606. The molecule has 1 aromatic heterocycles. The van der Waals surface area contributed by atoms with Crippen molar-refractivity contribution in [2.24, 2.45) is 13.0 Å². The molecule has 0 fully saturated rings. The highest BCUT2D eigenvalue weighted by atomic mass is 15.3. The topological polar surface area (TPSA) is 55.9 Å². The Morgan fingerprint density at radius 1 is 1.62 bits per heavy atom. The Labute approximate surface area is 79.1 Å². The molecule has 0 aliphatic carbocycles. The molecule has 3 N–H and O–H groups in total. The van der Waals surface area contributed by atoms with Gasteiger partial charge in [0.25, 0.3) is 0 Å². The Bertz CT molecular complexity index is 265. The molecule has 4 nitrogen and oxygen atoms in total. The molecule has 1 rings (SSSR count). The summed E-state index contributed by atoms with van der Waals surface area (Å²) in [6, 6.07) is 0. The first-order valence-electron chi connectivity index (χ1n) is 4.62. The van der Waals surface area contributed by atoms with Crippen LogP contribution in [0.1, 0.15) is 20.3 Å². The first kappa shape index (κ1) is 9.89. The molecule has 0 spiro atoms. The van der Waals surface area contributed by atoms with Crippen molar-refractivity contribution in [2.75, 3.05) is 17.6 Å². The van der Waals surface area contributed by atoms with E-state index in [1.807, 2.05) is 7.05 Å². The molecular formula is C9H18N4. The van der Waals surface area contributed by atoms with Crippen molar-refractivity contribution in [1.82, 2.24) is 9.78 Å². The van der Waals surface area contributed by atoms with E-state index >= 15 is 0 Å². The molecule has 1 aromatic rings. The van der Waals surface area contributed by atoms with Gasteiger partial charge < -0.3 is 11.1 Å². The molecule has 0 aromatic carbocycles. The highest BCUT2D eigenvalue weighted by Crippen LogP contribution is 2.14. The smallest absolute Gasteiger partial charge is 0.171 e. The van der Waals surface area contributed by atoms with Gasteiger partial charge in [0, 0.05) is 19.8 Å². The van der Waals surface area contributed by atoms with E-state index in [-0.39, 0.29) is 0 Å². The molecule has 0 atom stereocenters. The van der Waals surface area contributed by atoms with Crippen LogP contribution in [-0.4, -0.2) is 16.3 Å². The van der Waals surface area contributed by atoms with Crippen LogP contribution in [0.5, 0.6) is 0 Å². The van der Waals surface area contributed by atoms with Gasteiger partial charge in [-0.1, -0.05) is 13.8 Å². The molecule has 0 saturated heterocycles. The van der Waals surface area contributed by atoms with Gasteiger partial charge in [0.05, 0.1) is 5.69 Å². The second kappa shape index (κ2) is 4.16. The van der Waals surface area contributed by atoms with Crippen molar-refractivity contribution >= 4 is 11.5 Å². The minimum absolute atomic E-state index is 0.706. The van der Waals surface area contributed by atoms with Crippen LogP contribution in [0.2, 0.25) is 0 Å². The fourth-order valence-electron chi connectivity index (χ4n) is 1.12. The first-order valence-corrected chi connectivity index (χ1v) is 4.62. The van der Waals surface area contributed by atoms with E-state index in [1.54, 1.807) is 10.9 Å². The van der Waals surface area contributed by atoms with Crippen molar-refractivity contribution in [3.8, 4) is 0 Å². The number of aromatic nitrogens is 2. The largest absolute Gasteiger partial charge is 0.394 e. The number of anilines is 2. The third kappa shape index (κ3) is 2.97. The van der Waals surface area contributed by atoms with Crippen LogP contribution in [0, 0.1) is 5.92 Å². The SMILES string of the molecule is CC(C)CCNc1nn(C)cc1N. The second-order valence-electron chi connectivity index (χ2n) is 3.72. The minimum Gasteiger partial charge on any atom is -0.394 e. The average molecular weight is 182 g/mol. The maximum atomic E-state index is 5.71. The molecule has 4 heteroatoms. The van der Waals surface area contributed by atoms with Crippen molar-refractivity contribution in [1.29, 1.82) is 0 Å². The normalized spacial score (nSPS) is 10.8. The second-order valence-corrected chi connectivity index (χ2v) is 3.72. The first-order chi connectivity index (χ1) is 6.09. The van der Waals surface area contributed by atoms with Gasteiger partial charge in [-0.15, -0.1) is 0 Å². The predicted octanol–water partition coefficient (Wildman–Crippen LogP) is 1.46. The van der Waals surface area contributed by atoms with Crippen molar-refractivity contribution in [3.63, 3.8) is 0 Å². The Morgan fingerprint density at radius 3 is 2.77 bits per heavy atom. The molecule has 0 aliphatic rings. The lowest BCUT2D eigenvalue weighted by atomic mass is 10.1. The fourth-order valence-corrected chi connectivity index (χ4v) is 1.12. The van der Waals surface area contributed by atoms with Gasteiger partial charge >= 0.3 is 0 Å². The number of hydrogen-bond donors (Lipinski definition) is 2. The van der Waals surface area contributed by atoms with Crippen molar-refractivity contribution in [3.05, 3.63) is 6.20 Å². The third-order valence-corrected chi connectivity index (χ3v) is 1.87. The summed E-state index contributed by atoms with van der Waals surface area (Å²) in [5, 5.41) is 7.40. The van der Waals surface area contributed by atoms with E-state index in [0.29, 0.717) is 11.6 Å². The van der Waals surface area contributed by atoms with Gasteiger partial charge in [0.15, 0.2) is 5.82 Å². The molecule has 0 aliphatic heterocycles. The highest BCUT2D eigenvalue weighted by molar-refractivity contribution is 5.59. The van der Waals surface area contributed by atoms with Gasteiger partial charge in [0.2, 0.25) is 0 Å². The van der Waals surface area contributed by atoms with Gasteiger partial charge in [0.1, 0.15) is 0 Å². The molecule has 0 unspecified atom stereocenters. The summed E-state index contributed by atoms with van der Waals surface area (Å²) in [4.78, 5) is 0. The van der Waals surface area contributed by atoms with E-state index in [2.05, 4.69) is 24.3 Å². The average Bonchev–Trinajstić information content (AvgIpc) is 2.29. The lowest BCUT2D eigenvalue weighted by Crippen LogP contribution is -2.06. The van der Waals surface area contributed by atoms with E-state index in [0.717, 1.165) is 18.8 Å². The third-order valence-electron chi connectivity index (χ3n) is 1.87. The van der Waals surface area contributed by atoms with E-state index in [4.69, 9.17) is 5.73 Å². The molecule has 13 heavy (non-hydrogen) atoms. The maximum absolute atomic E-state index is 5.71. The summed E-state index contributed by atoms with van der Waals surface area (Å²) in [7, 11) is 1.87. The highest BCUT2D eigenvalue weighted by Gasteiger charge is 2.02.